The van der Waals surface area contributed by atoms with Gasteiger partial charge < -0.3 is 24.3 Å². The number of hydrogen-bond donors (Lipinski definition) is 3. The maximum atomic E-state index is 13.8. The van der Waals surface area contributed by atoms with E-state index in [1.807, 2.05) is 66.7 Å². The molecule has 4 atom stereocenters. The van der Waals surface area contributed by atoms with E-state index in [2.05, 4.69) is 73.7 Å². The van der Waals surface area contributed by atoms with Gasteiger partial charge in [-0.3, -0.25) is 19.5 Å². The molecule has 5 aromatic rings. The molecular weight excluding hydrogens is 725 g/mol. The summed E-state index contributed by atoms with van der Waals surface area (Å²) in [7, 11) is -0.951. The van der Waals surface area contributed by atoms with E-state index in [0.717, 1.165) is 16.7 Å². The van der Waals surface area contributed by atoms with Crippen LogP contribution in [0.4, 0.5) is 5.82 Å². The molecule has 2 heterocycles. The lowest BCUT2D eigenvalue weighted by Gasteiger charge is -2.41. The summed E-state index contributed by atoms with van der Waals surface area (Å²) in [5.41, 5.74) is 1.70. The van der Waals surface area contributed by atoms with E-state index in [1.165, 1.54) is 16.8 Å². The number of carboxylic acid groups (broad SMARTS) is 1. The molecule has 0 bridgehead atoms. The minimum absolute atomic E-state index is 0.0789. The highest BCUT2D eigenvalue weighted by Gasteiger charge is 2.52. The van der Waals surface area contributed by atoms with E-state index >= 15 is 0 Å². The number of hydrogen-bond acceptors (Lipinski definition) is 8. The molecule has 1 saturated heterocycles. The molecular formula is C44H50N4O7Si. The summed E-state index contributed by atoms with van der Waals surface area (Å²) in [6.45, 7) is 10.7. The van der Waals surface area contributed by atoms with Crippen molar-refractivity contribution < 1.29 is 28.6 Å². The zero-order valence-electron chi connectivity index (χ0n) is 32.6. The first-order chi connectivity index (χ1) is 26.7. The van der Waals surface area contributed by atoms with Gasteiger partial charge in [0.05, 0.1) is 31.3 Å². The average molecular weight is 775 g/mol. The van der Waals surface area contributed by atoms with E-state index in [1.54, 1.807) is 31.4 Å². The van der Waals surface area contributed by atoms with Crippen LogP contribution in [-0.4, -0.2) is 60.7 Å². The molecule has 1 aliphatic rings. The third-order valence-electron chi connectivity index (χ3n) is 11.0. The molecule has 56 heavy (non-hydrogen) atoms. The van der Waals surface area contributed by atoms with E-state index < -0.39 is 55.8 Å². The van der Waals surface area contributed by atoms with Gasteiger partial charge in [-0.15, -0.1) is 0 Å². The highest BCUT2D eigenvalue weighted by Crippen LogP contribution is 2.45. The normalized spacial score (nSPS) is 18.7. The Balaban J connectivity index is 1.42. The summed E-state index contributed by atoms with van der Waals surface area (Å²) in [6, 6.07) is 38.2. The predicted octanol–water partition coefficient (Wildman–Crippen LogP) is 7.46. The Morgan fingerprint density at radius 2 is 1.39 bits per heavy atom. The van der Waals surface area contributed by atoms with Gasteiger partial charge in [0.25, 0.3) is 5.91 Å². The van der Waals surface area contributed by atoms with Crippen molar-refractivity contribution in [1.82, 2.24) is 14.9 Å². The summed E-state index contributed by atoms with van der Waals surface area (Å²) in [6.07, 6.45) is -1.29. The van der Waals surface area contributed by atoms with Crippen molar-refractivity contribution >= 4 is 26.0 Å². The summed E-state index contributed by atoms with van der Waals surface area (Å²) in [5, 5.41) is 16.7. The van der Waals surface area contributed by atoms with Gasteiger partial charge in [0.15, 0.2) is 14.5 Å². The molecule has 3 N–H and O–H groups in total. The number of rotatable bonds is 14. The van der Waals surface area contributed by atoms with Gasteiger partial charge in [0.1, 0.15) is 11.6 Å². The zero-order valence-corrected chi connectivity index (χ0v) is 33.6. The van der Waals surface area contributed by atoms with Crippen molar-refractivity contribution in [2.24, 2.45) is 5.92 Å². The molecule has 1 amide bonds. The van der Waals surface area contributed by atoms with Crippen LogP contribution in [0.5, 0.6) is 5.75 Å². The number of aromatic nitrogens is 2. The Bertz CT molecular complexity index is 2120. The van der Waals surface area contributed by atoms with Crippen LogP contribution in [-0.2, 0) is 19.5 Å². The number of ether oxygens (including phenoxy) is 2. The van der Waals surface area contributed by atoms with Gasteiger partial charge in [-0.25, -0.2) is 4.79 Å². The number of anilines is 1. The van der Waals surface area contributed by atoms with Crippen molar-refractivity contribution in [1.29, 1.82) is 0 Å². The van der Waals surface area contributed by atoms with Crippen molar-refractivity contribution in [2.45, 2.75) is 69.3 Å². The van der Waals surface area contributed by atoms with Gasteiger partial charge in [0.2, 0.25) is 0 Å². The fourth-order valence-corrected chi connectivity index (χ4v) is 8.37. The number of amides is 1. The lowest BCUT2D eigenvalue weighted by molar-refractivity contribution is -0.139. The molecule has 0 aliphatic carbocycles. The quantitative estimate of drug-likeness (QED) is 0.0775. The summed E-state index contributed by atoms with van der Waals surface area (Å²) in [5.74, 6) is -1.29. The lowest BCUT2D eigenvalue weighted by Crippen LogP contribution is -2.50. The lowest BCUT2D eigenvalue weighted by atomic mass is 9.76. The van der Waals surface area contributed by atoms with Crippen LogP contribution in [0.25, 0.3) is 0 Å². The van der Waals surface area contributed by atoms with Crippen LogP contribution in [0.2, 0.25) is 18.1 Å². The average Bonchev–Trinajstić information content (AvgIpc) is 3.50. The number of aliphatic carboxylic acids is 1. The molecule has 1 fully saturated rings. The molecule has 1 aromatic heterocycles. The van der Waals surface area contributed by atoms with Gasteiger partial charge in [0, 0.05) is 24.2 Å². The van der Waals surface area contributed by atoms with Crippen LogP contribution >= 0.6 is 0 Å². The molecule has 6 rings (SSSR count). The fourth-order valence-electron chi connectivity index (χ4n) is 7.05. The maximum Gasteiger partial charge on any atom is 0.351 e. The predicted molar refractivity (Wildman–Crippen MR) is 218 cm³/mol. The molecule has 0 unspecified atom stereocenters. The second kappa shape index (κ2) is 16.8. The topological polar surface area (TPSA) is 141 Å². The largest absolute Gasteiger partial charge is 0.497 e. The Morgan fingerprint density at radius 3 is 1.91 bits per heavy atom. The summed E-state index contributed by atoms with van der Waals surface area (Å²) < 4.78 is 20.7. The van der Waals surface area contributed by atoms with Crippen LogP contribution in [0.15, 0.2) is 132 Å². The van der Waals surface area contributed by atoms with E-state index in [-0.39, 0.29) is 23.8 Å². The fraction of sp³-hybridized carbons (Fsp3) is 0.318. The Hall–Kier alpha value is -5.40. The first-order valence-corrected chi connectivity index (χ1v) is 21.7. The van der Waals surface area contributed by atoms with Crippen LogP contribution < -0.4 is 21.1 Å². The third kappa shape index (κ3) is 8.53. The molecule has 0 spiro atoms. The number of methoxy groups -OCH3 is 1. The molecule has 0 saturated carbocycles. The Labute approximate surface area is 328 Å². The molecule has 292 valence electrons. The van der Waals surface area contributed by atoms with Crippen molar-refractivity contribution in [3.63, 3.8) is 0 Å². The first-order valence-electron chi connectivity index (χ1n) is 18.7. The van der Waals surface area contributed by atoms with Crippen LogP contribution in [0.1, 0.15) is 60.5 Å². The smallest absolute Gasteiger partial charge is 0.351 e. The summed E-state index contributed by atoms with van der Waals surface area (Å²) >= 11 is 0. The van der Waals surface area contributed by atoms with Crippen LogP contribution in [0.3, 0.4) is 0 Å². The van der Waals surface area contributed by atoms with Crippen molar-refractivity contribution in [2.75, 3.05) is 19.0 Å². The number of carbonyl (C=O) groups is 2. The van der Waals surface area contributed by atoms with E-state index in [4.69, 9.17) is 13.9 Å². The summed E-state index contributed by atoms with van der Waals surface area (Å²) in [4.78, 5) is 43.6. The first kappa shape index (κ1) is 40.3. The highest BCUT2D eigenvalue weighted by atomic mass is 28.4. The molecule has 4 aromatic carbocycles. The van der Waals surface area contributed by atoms with Gasteiger partial charge >= 0.3 is 11.7 Å². The zero-order chi connectivity index (χ0) is 40.1. The number of benzene rings is 4. The Morgan fingerprint density at radius 1 is 0.839 bits per heavy atom. The van der Waals surface area contributed by atoms with Crippen molar-refractivity contribution in [3.8, 4) is 5.75 Å². The number of nitrogens with zero attached hydrogens (tertiary/aromatic N) is 2. The molecule has 12 heteroatoms. The second-order valence-electron chi connectivity index (χ2n) is 15.6. The number of carbonyl (C=O) groups excluding carboxylic acids is 1. The van der Waals surface area contributed by atoms with E-state index in [0.29, 0.717) is 11.3 Å². The van der Waals surface area contributed by atoms with Gasteiger partial charge in [-0.1, -0.05) is 112 Å². The Kier molecular flexibility index (Phi) is 12.1. The standard InChI is InChI=1S/C44H50N4O7Si/c1-43(2,3)56(5,6)55-39-35(28-38(49)50)36(54-41(39)48-27-26-37(47-42(48)52)46-40(51)30-16-10-7-11-17-30)29-45-44(31-18-12-8-13-19-31,32-20-14-9-15-21-32)33-22-24-34(53-4)25-23-33/h7-27,35-36,39,41,45H,28-29H2,1-6H3,(H,49,50)(H,46,47,51,52)/t35-,36-,39-,41-/m1/s1. The number of nitrogens with one attached hydrogen (secondary N) is 2. The minimum atomic E-state index is -2.58. The molecule has 11 nitrogen and oxygen atoms in total. The van der Waals surface area contributed by atoms with Crippen LogP contribution in [0, 0.1) is 5.92 Å². The highest BCUT2D eigenvalue weighted by molar-refractivity contribution is 6.74. The monoisotopic (exact) mass is 774 g/mol. The maximum absolute atomic E-state index is 13.8. The number of carboxylic acids is 1. The second-order valence-corrected chi connectivity index (χ2v) is 20.3. The van der Waals surface area contributed by atoms with E-state index in [9.17, 15) is 19.5 Å². The molecule has 0 radical (unpaired) electrons. The SMILES string of the molecule is COc1ccc(C(NC[C@H]2O[C@@H](n3ccc(NC(=O)c4ccccc4)nc3=O)[C@H](O[Si](C)(C)C(C)(C)C)[C@@H]2CC(=O)O)(c2ccccc2)c2ccccc2)cc1. The van der Waals surface area contributed by atoms with Gasteiger partial charge in [-0.2, -0.15) is 4.98 Å². The van der Waals surface area contributed by atoms with Crippen molar-refractivity contribution in [3.05, 3.63) is 160 Å². The third-order valence-corrected chi connectivity index (χ3v) is 15.5. The minimum Gasteiger partial charge on any atom is -0.497 e. The molecule has 1 aliphatic heterocycles. The van der Waals surface area contributed by atoms with Gasteiger partial charge in [-0.05, 0) is 65.2 Å².